The number of hydrogen-bond acceptors (Lipinski definition) is 7. The van der Waals surface area contributed by atoms with Crippen molar-refractivity contribution in [1.82, 2.24) is 29.5 Å². The number of nitrogens with one attached hydrogen (secondary N) is 1. The molecule has 214 valence electrons. The number of phenolic OH excluding ortho intramolecular Hbond substituents is 2. The molecule has 5 rings (SSSR count). The van der Waals surface area contributed by atoms with Crippen LogP contribution in [0.4, 0.5) is 0 Å². The van der Waals surface area contributed by atoms with Crippen LogP contribution in [0.2, 0.25) is 0 Å². The van der Waals surface area contributed by atoms with Crippen molar-refractivity contribution in [2.45, 2.75) is 46.1 Å². The number of carbonyl (C=O) groups is 1. The van der Waals surface area contributed by atoms with E-state index in [0.717, 1.165) is 71.6 Å². The minimum Gasteiger partial charge on any atom is -0.508 e. The van der Waals surface area contributed by atoms with Crippen molar-refractivity contribution in [3.63, 3.8) is 0 Å². The summed E-state index contributed by atoms with van der Waals surface area (Å²) in [5.74, 6) is 1.07. The summed E-state index contributed by atoms with van der Waals surface area (Å²) in [4.78, 5) is 31.3. The quantitative estimate of drug-likeness (QED) is 0.396. The normalized spacial score (nSPS) is 17.4. The van der Waals surface area contributed by atoms with E-state index in [0.29, 0.717) is 35.0 Å². The Morgan fingerprint density at radius 1 is 0.975 bits per heavy atom. The molecule has 3 N–H and O–H groups in total. The Morgan fingerprint density at radius 2 is 1.65 bits per heavy atom. The summed E-state index contributed by atoms with van der Waals surface area (Å²) in [6.45, 7) is 11.5. The molecule has 2 aliphatic heterocycles. The molecule has 0 spiro atoms. The van der Waals surface area contributed by atoms with Crippen molar-refractivity contribution in [2.75, 3.05) is 45.8 Å². The Morgan fingerprint density at radius 3 is 2.30 bits per heavy atom. The van der Waals surface area contributed by atoms with E-state index in [-0.39, 0.29) is 17.4 Å². The van der Waals surface area contributed by atoms with E-state index in [1.807, 2.05) is 36.1 Å². The van der Waals surface area contributed by atoms with E-state index in [1.165, 1.54) is 16.2 Å². The van der Waals surface area contributed by atoms with E-state index in [4.69, 9.17) is 0 Å². The number of aryl methyl sites for hydroxylation is 1. The highest BCUT2D eigenvalue weighted by Gasteiger charge is 2.25. The number of rotatable bonds is 8. The molecule has 2 fully saturated rings. The molecule has 0 saturated carbocycles. The van der Waals surface area contributed by atoms with Gasteiger partial charge in [0.25, 0.3) is 0 Å². The summed E-state index contributed by atoms with van der Waals surface area (Å²) in [6.07, 6.45) is 3.68. The zero-order chi connectivity index (χ0) is 28.2. The molecule has 10 heteroatoms. The fraction of sp³-hybridized carbons (Fsp3) is 0.500. The predicted molar refractivity (Wildman–Crippen MR) is 154 cm³/mol. The van der Waals surface area contributed by atoms with Crippen LogP contribution in [0, 0.1) is 5.92 Å². The minimum absolute atomic E-state index is 0.0349. The van der Waals surface area contributed by atoms with Gasteiger partial charge in [0.15, 0.2) is 5.82 Å². The topological polar surface area (TPSA) is 118 Å². The van der Waals surface area contributed by atoms with Crippen LogP contribution in [0.5, 0.6) is 11.5 Å². The molecule has 3 aromatic rings. The standard InChI is InChI=1S/C30H40N6O4/c1-3-4-24-17-26(28(39)18-27(24)38)29-31-32-30(40)36(29)25-7-5-22(6-8-25)19-33-13-15-34(16-14-33)20-23-9-11-35(12-10-23)21(2)37/h5-8,17-18,23,38-39H,3-4,9-16,19-20H2,1-2H3,(H,32,40). The number of H-pyrrole nitrogens is 1. The molecular weight excluding hydrogens is 508 g/mol. The molecule has 1 aromatic heterocycles. The number of aromatic amines is 1. The number of hydrogen-bond donors (Lipinski definition) is 3. The fourth-order valence-corrected chi connectivity index (χ4v) is 5.92. The van der Waals surface area contributed by atoms with Crippen molar-refractivity contribution in [3.8, 4) is 28.6 Å². The Balaban J connectivity index is 1.20. The summed E-state index contributed by atoms with van der Waals surface area (Å²) in [6, 6.07) is 10.9. The second-order valence-electron chi connectivity index (χ2n) is 11.1. The highest BCUT2D eigenvalue weighted by molar-refractivity contribution is 5.73. The number of benzene rings is 2. The van der Waals surface area contributed by atoms with E-state index in [9.17, 15) is 19.8 Å². The summed E-state index contributed by atoms with van der Waals surface area (Å²) in [7, 11) is 0. The zero-order valence-corrected chi connectivity index (χ0v) is 23.5. The molecule has 0 aliphatic carbocycles. The lowest BCUT2D eigenvalue weighted by Crippen LogP contribution is -2.48. The summed E-state index contributed by atoms with van der Waals surface area (Å²) < 4.78 is 1.45. The number of phenols is 2. The van der Waals surface area contributed by atoms with Gasteiger partial charge in [0, 0.05) is 65.3 Å². The van der Waals surface area contributed by atoms with E-state index in [2.05, 4.69) is 20.0 Å². The molecular formula is C30H40N6O4. The van der Waals surface area contributed by atoms with Crippen molar-refractivity contribution in [3.05, 3.63) is 58.0 Å². The van der Waals surface area contributed by atoms with E-state index in [1.54, 1.807) is 13.0 Å². The van der Waals surface area contributed by atoms with Gasteiger partial charge in [-0.3, -0.25) is 9.69 Å². The van der Waals surface area contributed by atoms with Gasteiger partial charge in [0.05, 0.1) is 11.3 Å². The van der Waals surface area contributed by atoms with Gasteiger partial charge < -0.3 is 20.0 Å². The van der Waals surface area contributed by atoms with Crippen molar-refractivity contribution in [2.24, 2.45) is 5.92 Å². The van der Waals surface area contributed by atoms with E-state index < -0.39 is 5.69 Å². The summed E-state index contributed by atoms with van der Waals surface area (Å²) in [5, 5.41) is 27.4. The Kier molecular flexibility index (Phi) is 8.56. The largest absolute Gasteiger partial charge is 0.508 e. The molecule has 0 bridgehead atoms. The van der Waals surface area contributed by atoms with Crippen LogP contribution in [0.25, 0.3) is 17.1 Å². The smallest absolute Gasteiger partial charge is 0.348 e. The minimum atomic E-state index is -0.393. The third-order valence-corrected chi connectivity index (χ3v) is 8.27. The summed E-state index contributed by atoms with van der Waals surface area (Å²) >= 11 is 0. The number of aromatic nitrogens is 3. The maximum Gasteiger partial charge on any atom is 0.348 e. The first-order valence-corrected chi connectivity index (χ1v) is 14.3. The van der Waals surface area contributed by atoms with Crippen LogP contribution in [0.15, 0.2) is 41.2 Å². The zero-order valence-electron chi connectivity index (χ0n) is 23.5. The number of likely N-dealkylation sites (tertiary alicyclic amines) is 1. The van der Waals surface area contributed by atoms with Crippen LogP contribution in [-0.4, -0.2) is 91.4 Å². The lowest BCUT2D eigenvalue weighted by atomic mass is 9.96. The maximum absolute atomic E-state index is 12.7. The maximum atomic E-state index is 12.7. The predicted octanol–water partition coefficient (Wildman–Crippen LogP) is 2.97. The van der Waals surface area contributed by atoms with Gasteiger partial charge in [0.2, 0.25) is 5.91 Å². The lowest BCUT2D eigenvalue weighted by Gasteiger charge is -2.38. The van der Waals surface area contributed by atoms with Crippen LogP contribution < -0.4 is 5.69 Å². The molecule has 0 unspecified atom stereocenters. The van der Waals surface area contributed by atoms with Crippen molar-refractivity contribution >= 4 is 5.91 Å². The van der Waals surface area contributed by atoms with Gasteiger partial charge in [0.1, 0.15) is 11.5 Å². The molecule has 2 saturated heterocycles. The molecule has 10 nitrogen and oxygen atoms in total. The molecule has 0 radical (unpaired) electrons. The molecule has 3 heterocycles. The number of amides is 1. The van der Waals surface area contributed by atoms with Crippen LogP contribution in [0.3, 0.4) is 0 Å². The number of piperidine rings is 1. The molecule has 1 amide bonds. The first-order valence-electron chi connectivity index (χ1n) is 14.3. The van der Waals surface area contributed by atoms with Gasteiger partial charge >= 0.3 is 5.69 Å². The monoisotopic (exact) mass is 548 g/mol. The second-order valence-corrected chi connectivity index (χ2v) is 11.1. The highest BCUT2D eigenvalue weighted by atomic mass is 16.3. The SMILES string of the molecule is CCCc1cc(-c2n[nH]c(=O)n2-c2ccc(CN3CCN(CC4CCN(C(C)=O)CC4)CC3)cc2)c(O)cc1O. The van der Waals surface area contributed by atoms with Crippen LogP contribution >= 0.6 is 0 Å². The van der Waals surface area contributed by atoms with Gasteiger partial charge in [-0.25, -0.2) is 14.5 Å². The average Bonchev–Trinajstić information content (AvgIpc) is 3.33. The summed E-state index contributed by atoms with van der Waals surface area (Å²) in [5.41, 5.74) is 2.53. The number of carbonyl (C=O) groups excluding carboxylic acids is 1. The third-order valence-electron chi connectivity index (χ3n) is 8.27. The molecule has 2 aliphatic rings. The second kappa shape index (κ2) is 12.3. The number of aromatic hydroxyl groups is 2. The average molecular weight is 549 g/mol. The Bertz CT molecular complexity index is 1370. The highest BCUT2D eigenvalue weighted by Crippen LogP contribution is 2.35. The molecule has 40 heavy (non-hydrogen) atoms. The Labute approximate surface area is 234 Å². The fourth-order valence-electron chi connectivity index (χ4n) is 5.92. The lowest BCUT2D eigenvalue weighted by molar-refractivity contribution is -0.130. The first kappa shape index (κ1) is 27.9. The third kappa shape index (κ3) is 6.23. The van der Waals surface area contributed by atoms with E-state index >= 15 is 0 Å². The molecule has 0 atom stereocenters. The molecule has 2 aromatic carbocycles. The number of piperazine rings is 1. The van der Waals surface area contributed by atoms with Crippen molar-refractivity contribution in [1.29, 1.82) is 0 Å². The van der Waals surface area contributed by atoms with Crippen molar-refractivity contribution < 1.29 is 15.0 Å². The van der Waals surface area contributed by atoms with Gasteiger partial charge in [-0.05, 0) is 54.5 Å². The van der Waals surface area contributed by atoms with Crippen LogP contribution in [-0.2, 0) is 17.8 Å². The van der Waals surface area contributed by atoms with Gasteiger partial charge in [-0.2, -0.15) is 5.10 Å². The number of nitrogens with zero attached hydrogens (tertiary/aromatic N) is 5. The first-order chi connectivity index (χ1) is 19.3. The van der Waals surface area contributed by atoms with Gasteiger partial charge in [-0.1, -0.05) is 25.5 Å². The Hall–Kier alpha value is -3.63. The van der Waals surface area contributed by atoms with Crippen LogP contribution in [0.1, 0.15) is 44.2 Å². The van der Waals surface area contributed by atoms with Gasteiger partial charge in [-0.15, -0.1) is 0 Å².